The van der Waals surface area contributed by atoms with Gasteiger partial charge in [-0.15, -0.1) is 22.7 Å². The number of nitrogens with zero attached hydrogens (tertiary/aromatic N) is 2. The van der Waals surface area contributed by atoms with Crippen molar-refractivity contribution in [3.8, 4) is 57.4 Å². The van der Waals surface area contributed by atoms with Crippen LogP contribution in [0.15, 0.2) is 206 Å². The molecule has 0 aliphatic carbocycles. The van der Waals surface area contributed by atoms with Gasteiger partial charge in [0.2, 0.25) is 0 Å². The summed E-state index contributed by atoms with van der Waals surface area (Å²) < 4.78 is 38.4. The lowest BCUT2D eigenvalue weighted by molar-refractivity contribution is 0.451. The van der Waals surface area contributed by atoms with Crippen LogP contribution in [0.2, 0.25) is 0 Å². The maximum Gasteiger partial charge on any atom is 0.260 e. The number of aromatic nitrogens is 2. The number of hydrogen-bond acceptors (Lipinski definition) is 6. The Labute approximate surface area is 441 Å². The van der Waals surface area contributed by atoms with Crippen LogP contribution in [0.1, 0.15) is 0 Å². The molecular weight excluding hydrogens is 970 g/mol. The summed E-state index contributed by atoms with van der Waals surface area (Å²) in [7, 11) is 0. The summed E-state index contributed by atoms with van der Waals surface area (Å²) in [6.07, 6.45) is 0. The molecule has 0 saturated heterocycles. The van der Waals surface area contributed by atoms with Crippen molar-refractivity contribution in [1.29, 1.82) is 0 Å². The summed E-state index contributed by atoms with van der Waals surface area (Å²) in [5.41, 5.74) is 12.9. The van der Waals surface area contributed by atoms with Crippen molar-refractivity contribution < 1.29 is 18.9 Å². The van der Waals surface area contributed by atoms with Gasteiger partial charge in [-0.25, -0.2) is 0 Å². The summed E-state index contributed by atoms with van der Waals surface area (Å²) in [4.78, 5) is 0. The first-order chi connectivity index (χ1) is 37.6. The van der Waals surface area contributed by atoms with Crippen LogP contribution < -0.4 is 51.7 Å². The fourth-order valence-electron chi connectivity index (χ4n) is 13.5. The van der Waals surface area contributed by atoms with Crippen LogP contribution in [0.4, 0.5) is 0 Å². The number of thiophene rings is 2. The van der Waals surface area contributed by atoms with Crippen LogP contribution >= 0.6 is 22.7 Å². The molecule has 8 heterocycles. The molecule has 0 radical (unpaired) electrons. The lowest BCUT2D eigenvalue weighted by atomic mass is 9.31. The standard InChI is InChI=1S/C66H34B2N2O4S2/c1-7-19-49-37(13-1)41-29-43-39-15-3-11-23-61(39)75-63(43)32-51(41)69(49)35-25-57-65-59(27-35)73-55-34-56-48(31-47(55)67(65)45-17-5-9-21-53(45)71-57)68-46-18-6-10-22-54(46)72-58-26-36(28-60(74-56)66(58)68)70-50-20-8-2-14-38(50)42-30-44-40-16-4-12-24-62(40)76-64(44)33-52(42)70/h1-34H. The Morgan fingerprint density at radius 2 is 0.658 bits per heavy atom. The van der Waals surface area contributed by atoms with E-state index in [9.17, 15) is 0 Å². The Hall–Kier alpha value is -9.21. The highest BCUT2D eigenvalue weighted by Crippen LogP contribution is 2.46. The first-order valence-electron chi connectivity index (χ1n) is 25.8. The minimum absolute atomic E-state index is 0.157. The maximum absolute atomic E-state index is 7.28. The fourth-order valence-corrected chi connectivity index (χ4v) is 15.8. The molecule has 4 aliphatic rings. The Bertz CT molecular complexity index is 4860. The summed E-state index contributed by atoms with van der Waals surface area (Å²) in [6.45, 7) is -0.314. The normalized spacial score (nSPS) is 13.6. The van der Waals surface area contributed by atoms with Gasteiger partial charge >= 0.3 is 0 Å². The molecular formula is C66H34B2N2O4S2. The Morgan fingerprint density at radius 1 is 0.263 bits per heavy atom. The van der Waals surface area contributed by atoms with Crippen molar-refractivity contribution in [3.05, 3.63) is 206 Å². The molecule has 15 aromatic rings. The summed E-state index contributed by atoms with van der Waals surface area (Å²) in [6, 6.07) is 74.7. The lowest BCUT2D eigenvalue weighted by Crippen LogP contribution is -2.61. The fraction of sp³-hybridized carbons (Fsp3) is 0. The molecule has 0 spiro atoms. The van der Waals surface area contributed by atoms with E-state index in [4.69, 9.17) is 18.9 Å². The maximum atomic E-state index is 7.28. The Balaban J connectivity index is 0.809. The predicted molar refractivity (Wildman–Crippen MR) is 316 cm³/mol. The lowest BCUT2D eigenvalue weighted by Gasteiger charge is -2.37. The zero-order chi connectivity index (χ0) is 49.1. The summed E-state index contributed by atoms with van der Waals surface area (Å²) >= 11 is 3.69. The van der Waals surface area contributed by atoms with Crippen molar-refractivity contribution in [1.82, 2.24) is 9.13 Å². The van der Waals surface area contributed by atoms with Crippen LogP contribution in [0.5, 0.6) is 46.0 Å². The third-order valence-corrected chi connectivity index (χ3v) is 19.0. The van der Waals surface area contributed by atoms with E-state index in [1.165, 1.54) is 61.9 Å². The zero-order valence-corrected chi connectivity index (χ0v) is 41.8. The van der Waals surface area contributed by atoms with E-state index in [0.29, 0.717) is 0 Å². The average molecular weight is 1000 g/mol. The third kappa shape index (κ3) is 5.22. The molecule has 0 saturated carbocycles. The van der Waals surface area contributed by atoms with Crippen molar-refractivity contribution >= 4 is 153 Å². The van der Waals surface area contributed by atoms with Crippen molar-refractivity contribution in [2.45, 2.75) is 0 Å². The van der Waals surface area contributed by atoms with Gasteiger partial charge in [0.15, 0.2) is 0 Å². The molecule has 4 aliphatic heterocycles. The van der Waals surface area contributed by atoms with E-state index in [1.807, 2.05) is 22.7 Å². The predicted octanol–water partition coefficient (Wildman–Crippen LogP) is 14.1. The molecule has 0 atom stereocenters. The molecule has 19 rings (SSSR count). The third-order valence-electron chi connectivity index (χ3n) is 16.7. The number of hydrogen-bond donors (Lipinski definition) is 0. The van der Waals surface area contributed by atoms with Crippen molar-refractivity contribution in [2.75, 3.05) is 0 Å². The second-order valence-electron chi connectivity index (χ2n) is 20.6. The molecule has 10 heteroatoms. The van der Waals surface area contributed by atoms with Gasteiger partial charge in [0, 0.05) is 103 Å². The highest BCUT2D eigenvalue weighted by Gasteiger charge is 2.45. The van der Waals surface area contributed by atoms with Gasteiger partial charge in [0.25, 0.3) is 13.4 Å². The second-order valence-corrected chi connectivity index (χ2v) is 22.8. The highest BCUT2D eigenvalue weighted by molar-refractivity contribution is 7.26. The first-order valence-corrected chi connectivity index (χ1v) is 27.4. The van der Waals surface area contributed by atoms with E-state index < -0.39 is 0 Å². The number of ether oxygens (including phenoxy) is 4. The Kier molecular flexibility index (Phi) is 7.59. The zero-order valence-electron chi connectivity index (χ0n) is 40.1. The van der Waals surface area contributed by atoms with Crippen LogP contribution in [-0.2, 0) is 0 Å². The van der Waals surface area contributed by atoms with Crippen LogP contribution in [0.25, 0.3) is 95.3 Å². The average Bonchev–Trinajstić information content (AvgIpc) is 4.20. The second kappa shape index (κ2) is 14.3. The van der Waals surface area contributed by atoms with Crippen molar-refractivity contribution in [3.63, 3.8) is 0 Å². The van der Waals surface area contributed by atoms with Crippen LogP contribution in [-0.4, -0.2) is 22.6 Å². The van der Waals surface area contributed by atoms with Crippen molar-refractivity contribution in [2.24, 2.45) is 0 Å². The molecule has 0 fully saturated rings. The SMILES string of the molecule is c1ccc2c(c1)Oc1cc(-n3c4ccccc4c4cc5c(cc43)sc3ccccc35)cc3c1B2c1cc2c(cc1O3)Oc1cc(-n3c4ccccc4c4cc5c(cc43)sc3ccccc35)cc3c1B2c1ccccc1O3. The largest absolute Gasteiger partial charge is 0.458 e. The van der Waals surface area contributed by atoms with E-state index >= 15 is 0 Å². The number of rotatable bonds is 2. The van der Waals surface area contributed by atoms with Gasteiger partial charge in [-0.2, -0.15) is 0 Å². The molecule has 4 aromatic heterocycles. The molecule has 0 unspecified atom stereocenters. The van der Waals surface area contributed by atoms with Gasteiger partial charge in [-0.3, -0.25) is 0 Å². The van der Waals surface area contributed by atoms with Gasteiger partial charge in [0.05, 0.1) is 33.4 Å². The molecule has 11 aromatic carbocycles. The summed E-state index contributed by atoms with van der Waals surface area (Å²) in [5, 5.41) is 9.97. The van der Waals surface area contributed by atoms with Gasteiger partial charge < -0.3 is 28.1 Å². The number of fused-ring (bicyclic) bond motifs is 20. The smallest absolute Gasteiger partial charge is 0.260 e. The molecule has 0 amide bonds. The minimum Gasteiger partial charge on any atom is -0.458 e. The van der Waals surface area contributed by atoms with E-state index in [2.05, 4.69) is 215 Å². The summed E-state index contributed by atoms with van der Waals surface area (Å²) in [5.74, 6) is 6.33. The van der Waals surface area contributed by atoms with Crippen LogP contribution in [0, 0.1) is 0 Å². The van der Waals surface area contributed by atoms with Gasteiger partial charge in [-0.05, 0) is 82.5 Å². The highest BCUT2D eigenvalue weighted by atomic mass is 32.1. The van der Waals surface area contributed by atoms with Gasteiger partial charge in [-0.1, -0.05) is 115 Å². The molecule has 0 bridgehead atoms. The van der Waals surface area contributed by atoms with Crippen LogP contribution in [0.3, 0.4) is 0 Å². The van der Waals surface area contributed by atoms with E-state index in [1.54, 1.807) is 0 Å². The van der Waals surface area contributed by atoms with Gasteiger partial charge in [0.1, 0.15) is 46.0 Å². The topological polar surface area (TPSA) is 46.8 Å². The number of benzene rings is 11. The molecule has 0 N–H and O–H groups in total. The quantitative estimate of drug-likeness (QED) is 0.162. The molecule has 350 valence electrons. The minimum atomic E-state index is -0.157. The molecule has 6 nitrogen and oxygen atoms in total. The van der Waals surface area contributed by atoms with E-state index in [0.717, 1.165) is 112 Å². The Morgan fingerprint density at radius 3 is 1.13 bits per heavy atom. The number of para-hydroxylation sites is 4. The van der Waals surface area contributed by atoms with E-state index in [-0.39, 0.29) is 13.4 Å². The first kappa shape index (κ1) is 40.2. The molecule has 76 heavy (non-hydrogen) atoms. The monoisotopic (exact) mass is 1000 g/mol.